The summed E-state index contributed by atoms with van der Waals surface area (Å²) < 4.78 is 19.8. The van der Waals surface area contributed by atoms with Gasteiger partial charge in [0.2, 0.25) is 0 Å². The normalized spacial score (nSPS) is 10.8. The molecule has 0 amide bonds. The Morgan fingerprint density at radius 2 is 1.86 bits per heavy atom. The Morgan fingerprint density at radius 3 is 2.59 bits per heavy atom. The molecule has 29 heavy (non-hydrogen) atoms. The van der Waals surface area contributed by atoms with Crippen LogP contribution >= 0.6 is 11.3 Å². The van der Waals surface area contributed by atoms with E-state index in [1.165, 1.54) is 35.3 Å². The summed E-state index contributed by atoms with van der Waals surface area (Å²) in [5, 5.41) is 6.42. The Balaban J connectivity index is 1.69. The van der Waals surface area contributed by atoms with E-state index in [2.05, 4.69) is 10.1 Å². The van der Waals surface area contributed by atoms with Gasteiger partial charge in [-0.3, -0.25) is 4.79 Å². The minimum Gasteiger partial charge on any atom is -0.496 e. The zero-order chi connectivity index (χ0) is 20.2. The first-order valence-corrected chi connectivity index (χ1v) is 9.95. The topological polar surface area (TPSA) is 57.0 Å². The van der Waals surface area contributed by atoms with Gasteiger partial charge < -0.3 is 4.74 Å². The van der Waals surface area contributed by atoms with E-state index in [1.54, 1.807) is 30.3 Å². The number of halogens is 1. The lowest BCUT2D eigenvalue weighted by Gasteiger charge is -2.08. The van der Waals surface area contributed by atoms with Crippen LogP contribution in [0.3, 0.4) is 0 Å². The summed E-state index contributed by atoms with van der Waals surface area (Å²) in [4.78, 5) is 18.7. The smallest absolute Gasteiger partial charge is 0.283 e. The monoisotopic (exact) mass is 407 g/mol. The fourth-order valence-electron chi connectivity index (χ4n) is 3.02. The van der Waals surface area contributed by atoms with Crippen molar-refractivity contribution in [3.05, 3.63) is 88.8 Å². The number of aromatic nitrogens is 3. The van der Waals surface area contributed by atoms with Crippen LogP contribution in [0.5, 0.6) is 5.75 Å². The van der Waals surface area contributed by atoms with Gasteiger partial charge in [0.05, 0.1) is 17.6 Å². The van der Waals surface area contributed by atoms with E-state index >= 15 is 0 Å². The third-order valence-corrected chi connectivity index (χ3v) is 5.36. The molecule has 2 heterocycles. The second-order valence-corrected chi connectivity index (χ2v) is 7.32. The molecule has 7 heteroatoms. The maximum absolute atomic E-state index is 13.2. The molecule has 0 aliphatic heterocycles. The molecule has 2 aromatic heterocycles. The standard InChI is InChI=1S/C22H18FN3O2S/c1-28-18-6-3-2-5-17(18)22(27)26-20(13-10-15-8-11-16(23)12-9-15)24-21(25-26)19-7-4-14-29-19/h2-9,11-12,14H,10,13H2,1H3. The van der Waals surface area contributed by atoms with Crippen molar-refractivity contribution in [2.75, 3.05) is 7.11 Å². The highest BCUT2D eigenvalue weighted by Gasteiger charge is 2.21. The number of aryl methyl sites for hydroxylation is 2. The molecule has 0 atom stereocenters. The number of rotatable bonds is 6. The van der Waals surface area contributed by atoms with Crippen molar-refractivity contribution in [1.29, 1.82) is 0 Å². The predicted octanol–water partition coefficient (Wildman–Crippen LogP) is 4.63. The Morgan fingerprint density at radius 1 is 1.07 bits per heavy atom. The van der Waals surface area contributed by atoms with Crippen LogP contribution in [0.2, 0.25) is 0 Å². The van der Waals surface area contributed by atoms with Gasteiger partial charge in [-0.2, -0.15) is 4.68 Å². The van der Waals surface area contributed by atoms with E-state index in [0.717, 1.165) is 10.4 Å². The van der Waals surface area contributed by atoms with Gasteiger partial charge in [-0.25, -0.2) is 9.37 Å². The molecule has 0 unspecified atom stereocenters. The molecule has 0 N–H and O–H groups in total. The van der Waals surface area contributed by atoms with Crippen LogP contribution in [0.25, 0.3) is 10.7 Å². The molecular weight excluding hydrogens is 389 g/mol. The zero-order valence-electron chi connectivity index (χ0n) is 15.7. The maximum Gasteiger partial charge on any atom is 0.283 e. The second kappa shape index (κ2) is 8.36. The highest BCUT2D eigenvalue weighted by Crippen LogP contribution is 2.24. The fourth-order valence-corrected chi connectivity index (χ4v) is 3.67. The molecule has 5 nitrogen and oxygen atoms in total. The number of ether oxygens (including phenoxy) is 1. The van der Waals surface area contributed by atoms with Crippen molar-refractivity contribution in [1.82, 2.24) is 14.8 Å². The number of carbonyl (C=O) groups excluding carboxylic acids is 1. The summed E-state index contributed by atoms with van der Waals surface area (Å²) >= 11 is 1.51. The first-order chi connectivity index (χ1) is 14.2. The first kappa shape index (κ1) is 19.0. The molecule has 0 saturated heterocycles. The summed E-state index contributed by atoms with van der Waals surface area (Å²) in [6.45, 7) is 0. The van der Waals surface area contributed by atoms with Crippen LogP contribution in [-0.4, -0.2) is 27.8 Å². The van der Waals surface area contributed by atoms with Gasteiger partial charge in [0.25, 0.3) is 5.91 Å². The summed E-state index contributed by atoms with van der Waals surface area (Å²) in [5.41, 5.74) is 1.38. The van der Waals surface area contributed by atoms with E-state index in [9.17, 15) is 9.18 Å². The molecule has 0 aliphatic carbocycles. The third kappa shape index (κ3) is 4.09. The molecule has 146 valence electrons. The van der Waals surface area contributed by atoms with E-state index in [-0.39, 0.29) is 11.7 Å². The largest absolute Gasteiger partial charge is 0.496 e. The van der Waals surface area contributed by atoms with Gasteiger partial charge in [-0.05, 0) is 47.7 Å². The Hall–Kier alpha value is -3.32. The summed E-state index contributed by atoms with van der Waals surface area (Å²) in [6.07, 6.45) is 1.10. The number of nitrogens with zero attached hydrogens (tertiary/aromatic N) is 3. The quantitative estimate of drug-likeness (QED) is 0.468. The van der Waals surface area contributed by atoms with Gasteiger partial charge in [-0.15, -0.1) is 16.4 Å². The lowest BCUT2D eigenvalue weighted by molar-refractivity contribution is 0.0938. The Bertz CT molecular complexity index is 1120. The van der Waals surface area contributed by atoms with Crippen LogP contribution in [-0.2, 0) is 12.8 Å². The van der Waals surface area contributed by atoms with Gasteiger partial charge in [-0.1, -0.05) is 30.3 Å². The van der Waals surface area contributed by atoms with Crippen molar-refractivity contribution in [3.8, 4) is 16.5 Å². The summed E-state index contributed by atoms with van der Waals surface area (Å²) in [5.74, 6) is 0.969. The van der Waals surface area contributed by atoms with E-state index < -0.39 is 0 Å². The van der Waals surface area contributed by atoms with Crippen LogP contribution in [0.15, 0.2) is 66.0 Å². The molecule has 4 rings (SSSR count). The van der Waals surface area contributed by atoms with E-state index in [0.29, 0.717) is 35.8 Å². The van der Waals surface area contributed by atoms with Crippen molar-refractivity contribution >= 4 is 17.2 Å². The average molecular weight is 407 g/mol. The highest BCUT2D eigenvalue weighted by molar-refractivity contribution is 7.13. The molecule has 2 aromatic carbocycles. The van der Waals surface area contributed by atoms with Gasteiger partial charge in [0, 0.05) is 6.42 Å². The average Bonchev–Trinajstić information content (AvgIpc) is 3.43. The Labute approximate surface area is 171 Å². The molecule has 0 aliphatic rings. The molecule has 0 spiro atoms. The second-order valence-electron chi connectivity index (χ2n) is 6.37. The van der Waals surface area contributed by atoms with Gasteiger partial charge in [0.1, 0.15) is 17.4 Å². The van der Waals surface area contributed by atoms with Gasteiger partial charge >= 0.3 is 0 Å². The number of hydrogen-bond donors (Lipinski definition) is 0. The number of hydrogen-bond acceptors (Lipinski definition) is 5. The maximum atomic E-state index is 13.2. The highest BCUT2D eigenvalue weighted by atomic mass is 32.1. The summed E-state index contributed by atoms with van der Waals surface area (Å²) in [6, 6.07) is 17.2. The summed E-state index contributed by atoms with van der Waals surface area (Å²) in [7, 11) is 1.53. The van der Waals surface area contributed by atoms with Crippen molar-refractivity contribution in [3.63, 3.8) is 0 Å². The molecule has 4 aromatic rings. The van der Waals surface area contributed by atoms with Crippen LogP contribution in [0, 0.1) is 5.82 Å². The minimum atomic E-state index is -0.299. The number of thiophene rings is 1. The number of para-hydroxylation sites is 1. The van der Waals surface area contributed by atoms with Crippen LogP contribution in [0.4, 0.5) is 4.39 Å². The molecular formula is C22H18FN3O2S. The predicted molar refractivity (Wildman–Crippen MR) is 110 cm³/mol. The van der Waals surface area contributed by atoms with Crippen molar-refractivity contribution in [2.45, 2.75) is 12.8 Å². The van der Waals surface area contributed by atoms with E-state index in [4.69, 9.17) is 4.74 Å². The molecule has 0 radical (unpaired) electrons. The third-order valence-electron chi connectivity index (χ3n) is 4.50. The minimum absolute atomic E-state index is 0.275. The van der Waals surface area contributed by atoms with Crippen LogP contribution < -0.4 is 4.74 Å². The number of carbonyl (C=O) groups is 1. The molecule has 0 saturated carbocycles. The first-order valence-electron chi connectivity index (χ1n) is 9.07. The Kier molecular flexibility index (Phi) is 5.48. The lowest BCUT2D eigenvalue weighted by Crippen LogP contribution is -2.18. The van der Waals surface area contributed by atoms with E-state index in [1.807, 2.05) is 23.6 Å². The van der Waals surface area contributed by atoms with Crippen LogP contribution in [0.1, 0.15) is 21.7 Å². The van der Waals surface area contributed by atoms with Crippen molar-refractivity contribution < 1.29 is 13.9 Å². The molecule has 0 bridgehead atoms. The SMILES string of the molecule is COc1ccccc1C(=O)n1nc(-c2cccs2)nc1CCc1ccc(F)cc1. The lowest BCUT2D eigenvalue weighted by atomic mass is 10.1. The van der Waals surface area contributed by atoms with Crippen molar-refractivity contribution in [2.24, 2.45) is 0 Å². The van der Waals surface area contributed by atoms with Gasteiger partial charge in [0.15, 0.2) is 5.82 Å². The number of benzene rings is 2. The fraction of sp³-hybridized carbons (Fsp3) is 0.136. The zero-order valence-corrected chi connectivity index (χ0v) is 16.5. The number of methoxy groups -OCH3 is 1. The molecule has 0 fully saturated rings.